The summed E-state index contributed by atoms with van der Waals surface area (Å²) in [5.41, 5.74) is 2.04. The molecule has 1 N–H and O–H groups in total. The summed E-state index contributed by atoms with van der Waals surface area (Å²) in [5.74, 6) is 0.622. The van der Waals surface area contributed by atoms with E-state index in [1.54, 1.807) is 7.11 Å². The van der Waals surface area contributed by atoms with Crippen LogP contribution in [-0.4, -0.2) is 27.8 Å². The highest BCUT2D eigenvalue weighted by Crippen LogP contribution is 2.27. The predicted octanol–water partition coefficient (Wildman–Crippen LogP) is 3.86. The molecule has 2 heterocycles. The fourth-order valence-electron chi connectivity index (χ4n) is 2.99. The van der Waals surface area contributed by atoms with Gasteiger partial charge in [-0.1, -0.05) is 47.7 Å². The first kappa shape index (κ1) is 19.1. The number of amides is 1. The van der Waals surface area contributed by atoms with Crippen LogP contribution in [0.5, 0.6) is 5.75 Å². The minimum atomic E-state index is -0.168. The first-order chi connectivity index (χ1) is 14.2. The second kappa shape index (κ2) is 8.85. The van der Waals surface area contributed by atoms with Gasteiger partial charge in [-0.3, -0.25) is 10.1 Å². The van der Waals surface area contributed by atoms with Gasteiger partial charge >= 0.3 is 0 Å². The zero-order valence-corrected chi connectivity index (χ0v) is 16.7. The molecule has 0 aliphatic carbocycles. The molecule has 4 rings (SSSR count). The fraction of sp³-hybridized carbons (Fsp3) is 0.190. The Morgan fingerprint density at radius 1 is 1.07 bits per heavy atom. The van der Waals surface area contributed by atoms with Crippen molar-refractivity contribution in [2.24, 2.45) is 0 Å². The molecular formula is C21H20N4O3S. The first-order valence-corrected chi connectivity index (χ1v) is 9.90. The van der Waals surface area contributed by atoms with Crippen LogP contribution in [0.3, 0.4) is 0 Å². The third-order valence-electron chi connectivity index (χ3n) is 4.31. The number of aromatic nitrogens is 3. The number of rotatable bonds is 8. The number of hydrogen-bond acceptors (Lipinski definition) is 6. The van der Waals surface area contributed by atoms with Crippen molar-refractivity contribution in [3.63, 3.8) is 0 Å². The van der Waals surface area contributed by atoms with Gasteiger partial charge in [0.15, 0.2) is 0 Å². The lowest BCUT2D eigenvalue weighted by atomic mass is 10.2. The monoisotopic (exact) mass is 408 g/mol. The Kier molecular flexibility index (Phi) is 5.83. The van der Waals surface area contributed by atoms with Crippen molar-refractivity contribution < 1.29 is 14.3 Å². The molecule has 0 unspecified atom stereocenters. The van der Waals surface area contributed by atoms with E-state index < -0.39 is 0 Å². The van der Waals surface area contributed by atoms with Gasteiger partial charge in [-0.05, 0) is 23.8 Å². The van der Waals surface area contributed by atoms with Crippen molar-refractivity contribution in [2.45, 2.75) is 19.8 Å². The topological polar surface area (TPSA) is 78.3 Å². The number of benzene rings is 2. The van der Waals surface area contributed by atoms with E-state index in [2.05, 4.69) is 15.5 Å². The van der Waals surface area contributed by atoms with Gasteiger partial charge in [0, 0.05) is 18.7 Å². The second-order valence-corrected chi connectivity index (χ2v) is 7.45. The van der Waals surface area contributed by atoms with Gasteiger partial charge in [0.1, 0.15) is 30.5 Å². The number of nitrogens with one attached hydrogen (secondary N) is 1. The van der Waals surface area contributed by atoms with Crippen LogP contribution < -0.4 is 10.1 Å². The van der Waals surface area contributed by atoms with Gasteiger partial charge < -0.3 is 14.0 Å². The summed E-state index contributed by atoms with van der Waals surface area (Å²) in [7, 11) is 1.59. The van der Waals surface area contributed by atoms with Crippen molar-refractivity contribution in [3.05, 3.63) is 71.4 Å². The van der Waals surface area contributed by atoms with Gasteiger partial charge in [0.2, 0.25) is 11.0 Å². The molecule has 0 spiro atoms. The number of fused-ring (bicyclic) bond motifs is 1. The maximum absolute atomic E-state index is 12.4. The lowest BCUT2D eigenvalue weighted by molar-refractivity contribution is -0.116. The standard InChI is InChI=1S/C21H20N4O3S/c1-27-14-20-23-24-21(29-20)22-19(26)12-25-11-10-16-17(25)8-5-9-18(16)28-13-15-6-3-2-4-7-15/h2-11H,12-14H2,1H3,(H,22,24,26). The summed E-state index contributed by atoms with van der Waals surface area (Å²) in [6, 6.07) is 17.8. The van der Waals surface area contributed by atoms with E-state index in [0.717, 1.165) is 27.2 Å². The number of ether oxygens (including phenoxy) is 2. The Balaban J connectivity index is 1.44. The molecule has 0 aliphatic rings. The Labute approximate surface area is 171 Å². The quantitative estimate of drug-likeness (QED) is 0.479. The normalized spacial score (nSPS) is 10.9. The van der Waals surface area contributed by atoms with Crippen molar-refractivity contribution >= 4 is 33.3 Å². The van der Waals surface area contributed by atoms with E-state index in [9.17, 15) is 4.79 Å². The SMILES string of the molecule is COCc1nnc(NC(=O)Cn2ccc3c(OCc4ccccc4)cccc32)s1. The van der Waals surface area contributed by atoms with Crippen molar-refractivity contribution in [3.8, 4) is 5.75 Å². The van der Waals surface area contributed by atoms with Gasteiger partial charge in [0.25, 0.3) is 0 Å². The van der Waals surface area contributed by atoms with E-state index in [4.69, 9.17) is 9.47 Å². The molecule has 1 amide bonds. The number of methoxy groups -OCH3 is 1. The molecule has 2 aromatic carbocycles. The molecule has 0 saturated heterocycles. The molecule has 29 heavy (non-hydrogen) atoms. The molecular weight excluding hydrogens is 388 g/mol. The lowest BCUT2D eigenvalue weighted by Crippen LogP contribution is -2.18. The largest absolute Gasteiger partial charge is 0.488 e. The average molecular weight is 408 g/mol. The molecule has 7 nitrogen and oxygen atoms in total. The van der Waals surface area contributed by atoms with E-state index in [-0.39, 0.29) is 12.5 Å². The number of nitrogens with zero attached hydrogens (tertiary/aromatic N) is 3. The van der Waals surface area contributed by atoms with E-state index in [1.165, 1.54) is 11.3 Å². The van der Waals surface area contributed by atoms with Crippen LogP contribution >= 0.6 is 11.3 Å². The summed E-state index contributed by atoms with van der Waals surface area (Å²) in [6.07, 6.45) is 1.88. The van der Waals surface area contributed by atoms with Gasteiger partial charge in [-0.15, -0.1) is 10.2 Å². The van der Waals surface area contributed by atoms with Gasteiger partial charge in [-0.25, -0.2) is 0 Å². The first-order valence-electron chi connectivity index (χ1n) is 9.08. The number of hydrogen-bond donors (Lipinski definition) is 1. The number of carbonyl (C=O) groups excluding carboxylic acids is 1. The van der Waals surface area contributed by atoms with Crippen molar-refractivity contribution in [1.82, 2.24) is 14.8 Å². The summed E-state index contributed by atoms with van der Waals surface area (Å²) in [4.78, 5) is 12.4. The number of carbonyl (C=O) groups is 1. The lowest BCUT2D eigenvalue weighted by Gasteiger charge is -2.09. The Morgan fingerprint density at radius 3 is 2.76 bits per heavy atom. The summed E-state index contributed by atoms with van der Waals surface area (Å²) < 4.78 is 12.9. The zero-order chi connectivity index (χ0) is 20.1. The maximum atomic E-state index is 12.4. The Hall–Kier alpha value is -3.23. The second-order valence-electron chi connectivity index (χ2n) is 6.39. The highest BCUT2D eigenvalue weighted by Gasteiger charge is 2.12. The molecule has 0 aliphatic heterocycles. The summed E-state index contributed by atoms with van der Waals surface area (Å²) >= 11 is 1.30. The smallest absolute Gasteiger partial charge is 0.246 e. The van der Waals surface area contributed by atoms with Crippen LogP contribution in [0.2, 0.25) is 0 Å². The maximum Gasteiger partial charge on any atom is 0.246 e. The third kappa shape index (κ3) is 4.61. The molecule has 4 aromatic rings. The highest BCUT2D eigenvalue weighted by atomic mass is 32.1. The summed E-state index contributed by atoms with van der Waals surface area (Å²) in [5, 5.41) is 12.9. The van der Waals surface area contributed by atoms with Crippen LogP contribution in [-0.2, 0) is 29.3 Å². The highest BCUT2D eigenvalue weighted by molar-refractivity contribution is 7.15. The van der Waals surface area contributed by atoms with Crippen molar-refractivity contribution in [1.29, 1.82) is 0 Å². The van der Waals surface area contributed by atoms with Crippen LogP contribution in [0, 0.1) is 0 Å². The van der Waals surface area contributed by atoms with E-state index >= 15 is 0 Å². The Bertz CT molecular complexity index is 1110. The molecule has 0 atom stereocenters. The van der Waals surface area contributed by atoms with E-state index in [0.29, 0.717) is 18.3 Å². The molecule has 0 saturated carbocycles. The Morgan fingerprint density at radius 2 is 1.93 bits per heavy atom. The minimum Gasteiger partial charge on any atom is -0.488 e. The summed E-state index contributed by atoms with van der Waals surface area (Å²) in [6.45, 7) is 1.04. The predicted molar refractivity (Wildman–Crippen MR) is 112 cm³/mol. The van der Waals surface area contributed by atoms with Gasteiger partial charge in [-0.2, -0.15) is 0 Å². The van der Waals surface area contributed by atoms with Crippen molar-refractivity contribution in [2.75, 3.05) is 12.4 Å². The molecule has 0 bridgehead atoms. The van der Waals surface area contributed by atoms with Gasteiger partial charge in [0.05, 0.1) is 5.52 Å². The fourth-order valence-corrected chi connectivity index (χ4v) is 3.72. The minimum absolute atomic E-state index is 0.168. The van der Waals surface area contributed by atoms with Crippen LogP contribution in [0.4, 0.5) is 5.13 Å². The molecule has 0 fully saturated rings. The third-order valence-corrected chi connectivity index (χ3v) is 5.12. The number of anilines is 1. The van der Waals surface area contributed by atoms with Crippen LogP contribution in [0.15, 0.2) is 60.8 Å². The van der Waals surface area contributed by atoms with Crippen LogP contribution in [0.25, 0.3) is 10.9 Å². The molecule has 2 aromatic heterocycles. The zero-order valence-electron chi connectivity index (χ0n) is 15.9. The average Bonchev–Trinajstić information content (AvgIpc) is 3.35. The molecule has 0 radical (unpaired) electrons. The van der Waals surface area contributed by atoms with Crippen LogP contribution in [0.1, 0.15) is 10.6 Å². The van der Waals surface area contributed by atoms with E-state index in [1.807, 2.05) is 65.4 Å². The molecule has 148 valence electrons. The molecule has 8 heteroatoms.